The summed E-state index contributed by atoms with van der Waals surface area (Å²) in [5, 5.41) is 9.32. The molecule has 94 valence electrons. The second-order valence-corrected chi connectivity index (χ2v) is 3.60. The smallest absolute Gasteiger partial charge is 0.270 e. The largest absolute Gasteiger partial charge is 0.370 e. The van der Waals surface area contributed by atoms with E-state index in [-0.39, 0.29) is 5.91 Å². The molecular weight excluding hydrogens is 232 g/mol. The summed E-state index contributed by atoms with van der Waals surface area (Å²) in [4.78, 5) is 16.0. The maximum Gasteiger partial charge on any atom is 0.270 e. The van der Waals surface area contributed by atoms with Gasteiger partial charge in [-0.05, 0) is 19.1 Å². The zero-order valence-corrected chi connectivity index (χ0v) is 10.0. The van der Waals surface area contributed by atoms with Gasteiger partial charge in [-0.25, -0.2) is 4.98 Å². The number of anilines is 1. The summed E-state index contributed by atoms with van der Waals surface area (Å²) in [5.41, 5.74) is 0.368. The van der Waals surface area contributed by atoms with Gasteiger partial charge in [-0.2, -0.15) is 0 Å². The fraction of sp³-hybridized carbons (Fsp3) is 0.250. The van der Waals surface area contributed by atoms with E-state index in [1.807, 2.05) is 13.0 Å². The molecule has 18 heavy (non-hydrogen) atoms. The predicted molar refractivity (Wildman–Crippen MR) is 66.1 cm³/mol. The van der Waals surface area contributed by atoms with Crippen molar-refractivity contribution in [1.29, 1.82) is 0 Å². The Morgan fingerprint density at radius 3 is 3.00 bits per heavy atom. The van der Waals surface area contributed by atoms with Gasteiger partial charge in [0.25, 0.3) is 5.91 Å². The molecule has 2 aromatic rings. The molecule has 0 radical (unpaired) electrons. The van der Waals surface area contributed by atoms with Gasteiger partial charge in [-0.1, -0.05) is 11.2 Å². The average Bonchev–Trinajstić information content (AvgIpc) is 2.90. The van der Waals surface area contributed by atoms with Crippen LogP contribution in [0.2, 0.25) is 0 Å². The standard InChI is InChI=1S/C12H14N4O2/c1-2-13-11-5-3-4-10(16-11)12(17)14-8-9-6-7-15-18-9/h3-7H,2,8H2,1H3,(H,13,16)(H,14,17). The Labute approximate surface area is 104 Å². The molecule has 0 bridgehead atoms. The van der Waals surface area contributed by atoms with Crippen LogP contribution in [0.4, 0.5) is 5.82 Å². The minimum absolute atomic E-state index is 0.244. The van der Waals surface area contributed by atoms with Gasteiger partial charge in [0.2, 0.25) is 0 Å². The van der Waals surface area contributed by atoms with Gasteiger partial charge < -0.3 is 15.2 Å². The highest BCUT2D eigenvalue weighted by Gasteiger charge is 2.08. The Balaban J connectivity index is 1.97. The van der Waals surface area contributed by atoms with Crippen molar-refractivity contribution < 1.29 is 9.32 Å². The molecule has 1 amide bonds. The Hall–Kier alpha value is -2.37. The number of nitrogens with one attached hydrogen (secondary N) is 2. The summed E-state index contributed by atoms with van der Waals surface area (Å²) in [5.74, 6) is 1.04. The summed E-state index contributed by atoms with van der Waals surface area (Å²) in [6.07, 6.45) is 1.53. The Bertz CT molecular complexity index is 511. The quantitative estimate of drug-likeness (QED) is 0.834. The van der Waals surface area contributed by atoms with Crippen LogP contribution >= 0.6 is 0 Å². The lowest BCUT2D eigenvalue weighted by Gasteiger charge is -2.05. The van der Waals surface area contributed by atoms with E-state index < -0.39 is 0 Å². The fourth-order valence-corrected chi connectivity index (χ4v) is 1.43. The molecule has 0 spiro atoms. The molecule has 0 fully saturated rings. The molecule has 0 aliphatic heterocycles. The molecule has 2 rings (SSSR count). The first-order valence-electron chi connectivity index (χ1n) is 5.68. The molecule has 2 N–H and O–H groups in total. The highest BCUT2D eigenvalue weighted by atomic mass is 16.5. The second kappa shape index (κ2) is 5.81. The molecule has 0 saturated heterocycles. The molecule has 0 unspecified atom stereocenters. The Morgan fingerprint density at radius 1 is 1.39 bits per heavy atom. The first-order valence-corrected chi connectivity index (χ1v) is 5.68. The van der Waals surface area contributed by atoms with E-state index in [0.29, 0.717) is 23.8 Å². The van der Waals surface area contributed by atoms with Gasteiger partial charge in [0.1, 0.15) is 11.5 Å². The lowest BCUT2D eigenvalue weighted by atomic mass is 10.3. The molecule has 2 aromatic heterocycles. The highest BCUT2D eigenvalue weighted by molar-refractivity contribution is 5.92. The van der Waals surface area contributed by atoms with E-state index in [1.54, 1.807) is 18.2 Å². The summed E-state index contributed by atoms with van der Waals surface area (Å²) in [6.45, 7) is 3.03. The molecule has 0 aliphatic carbocycles. The SMILES string of the molecule is CCNc1cccc(C(=O)NCc2ccno2)n1. The van der Waals surface area contributed by atoms with Crippen LogP contribution in [0, 0.1) is 0 Å². The highest BCUT2D eigenvalue weighted by Crippen LogP contribution is 2.05. The van der Waals surface area contributed by atoms with Crippen LogP contribution in [-0.4, -0.2) is 22.6 Å². The predicted octanol–water partition coefficient (Wildman–Crippen LogP) is 1.43. The number of carbonyl (C=O) groups is 1. The third kappa shape index (κ3) is 3.07. The van der Waals surface area contributed by atoms with Crippen LogP contribution in [-0.2, 0) is 6.54 Å². The second-order valence-electron chi connectivity index (χ2n) is 3.60. The molecule has 6 heteroatoms. The summed E-state index contributed by atoms with van der Waals surface area (Å²) < 4.78 is 4.88. The van der Waals surface area contributed by atoms with Gasteiger partial charge in [-0.15, -0.1) is 0 Å². The van der Waals surface area contributed by atoms with E-state index in [4.69, 9.17) is 4.52 Å². The third-order valence-electron chi connectivity index (χ3n) is 2.25. The maximum atomic E-state index is 11.8. The zero-order valence-electron chi connectivity index (χ0n) is 10.0. The first-order chi connectivity index (χ1) is 8.79. The summed E-state index contributed by atoms with van der Waals surface area (Å²) in [7, 11) is 0. The third-order valence-corrected chi connectivity index (χ3v) is 2.25. The molecule has 0 saturated carbocycles. The number of hydrogen-bond acceptors (Lipinski definition) is 5. The number of rotatable bonds is 5. The lowest BCUT2D eigenvalue weighted by molar-refractivity contribution is 0.0942. The number of aromatic nitrogens is 2. The van der Waals surface area contributed by atoms with Crippen molar-refractivity contribution in [2.75, 3.05) is 11.9 Å². The van der Waals surface area contributed by atoms with E-state index >= 15 is 0 Å². The minimum Gasteiger partial charge on any atom is -0.370 e. The van der Waals surface area contributed by atoms with Crippen LogP contribution in [0.25, 0.3) is 0 Å². The molecular formula is C12H14N4O2. The van der Waals surface area contributed by atoms with E-state index in [9.17, 15) is 4.79 Å². The zero-order chi connectivity index (χ0) is 12.8. The average molecular weight is 246 g/mol. The summed E-state index contributed by atoms with van der Waals surface area (Å²) in [6, 6.07) is 6.96. The van der Waals surface area contributed by atoms with Gasteiger partial charge >= 0.3 is 0 Å². The van der Waals surface area contributed by atoms with Gasteiger partial charge in [0.15, 0.2) is 5.76 Å². The molecule has 0 aromatic carbocycles. The van der Waals surface area contributed by atoms with Crippen molar-refractivity contribution >= 4 is 11.7 Å². The van der Waals surface area contributed by atoms with Crippen molar-refractivity contribution in [3.8, 4) is 0 Å². The van der Waals surface area contributed by atoms with E-state index in [1.165, 1.54) is 6.20 Å². The van der Waals surface area contributed by atoms with Crippen LogP contribution in [0.3, 0.4) is 0 Å². The van der Waals surface area contributed by atoms with Crippen LogP contribution in [0.1, 0.15) is 23.2 Å². The van der Waals surface area contributed by atoms with Crippen molar-refractivity contribution in [3.63, 3.8) is 0 Å². The number of pyridine rings is 1. The minimum atomic E-state index is -0.244. The van der Waals surface area contributed by atoms with Crippen LogP contribution < -0.4 is 10.6 Å². The fourth-order valence-electron chi connectivity index (χ4n) is 1.43. The molecule has 2 heterocycles. The van der Waals surface area contributed by atoms with E-state index in [0.717, 1.165) is 6.54 Å². The maximum absolute atomic E-state index is 11.8. The monoisotopic (exact) mass is 246 g/mol. The number of hydrogen-bond donors (Lipinski definition) is 2. The summed E-state index contributed by atoms with van der Waals surface area (Å²) >= 11 is 0. The first kappa shape index (κ1) is 12.1. The van der Waals surface area contributed by atoms with Crippen molar-refractivity contribution in [3.05, 3.63) is 41.9 Å². The lowest BCUT2D eigenvalue weighted by Crippen LogP contribution is -2.23. The topological polar surface area (TPSA) is 80.0 Å². The van der Waals surface area contributed by atoms with Crippen molar-refractivity contribution in [1.82, 2.24) is 15.5 Å². The van der Waals surface area contributed by atoms with Gasteiger partial charge in [-0.3, -0.25) is 4.79 Å². The van der Waals surface area contributed by atoms with Gasteiger partial charge in [0, 0.05) is 12.6 Å². The normalized spacial score (nSPS) is 10.1. The number of amides is 1. The van der Waals surface area contributed by atoms with Crippen LogP contribution in [0.5, 0.6) is 0 Å². The number of carbonyl (C=O) groups excluding carboxylic acids is 1. The Kier molecular flexibility index (Phi) is 3.90. The van der Waals surface area contributed by atoms with Crippen molar-refractivity contribution in [2.24, 2.45) is 0 Å². The number of nitrogens with zero attached hydrogens (tertiary/aromatic N) is 2. The molecule has 0 aliphatic rings. The van der Waals surface area contributed by atoms with Crippen molar-refractivity contribution in [2.45, 2.75) is 13.5 Å². The van der Waals surface area contributed by atoms with Gasteiger partial charge in [0.05, 0.1) is 12.7 Å². The Morgan fingerprint density at radius 2 is 2.28 bits per heavy atom. The molecule has 6 nitrogen and oxygen atoms in total. The van der Waals surface area contributed by atoms with E-state index in [2.05, 4.69) is 20.8 Å². The van der Waals surface area contributed by atoms with Crippen LogP contribution in [0.15, 0.2) is 35.0 Å². The molecule has 0 atom stereocenters.